The van der Waals surface area contributed by atoms with Gasteiger partial charge < -0.3 is 10.1 Å². The van der Waals surface area contributed by atoms with E-state index in [-0.39, 0.29) is 11.9 Å². The lowest BCUT2D eigenvalue weighted by atomic mass is 9.98. The first-order valence-electron chi connectivity index (χ1n) is 7.29. The Bertz CT molecular complexity index is 696. The molecule has 0 aliphatic carbocycles. The Morgan fingerprint density at radius 2 is 1.82 bits per heavy atom. The summed E-state index contributed by atoms with van der Waals surface area (Å²) in [5, 5.41) is 2.90. The van der Waals surface area contributed by atoms with Crippen molar-refractivity contribution in [2.75, 3.05) is 0 Å². The van der Waals surface area contributed by atoms with Crippen molar-refractivity contribution in [2.24, 2.45) is 0 Å². The Morgan fingerprint density at radius 1 is 1.14 bits per heavy atom. The highest BCUT2D eigenvalue weighted by atomic mass is 16.5. The highest BCUT2D eigenvalue weighted by Gasteiger charge is 2.31. The van der Waals surface area contributed by atoms with Gasteiger partial charge in [0.2, 0.25) is 0 Å². The maximum atomic E-state index is 12.3. The first-order chi connectivity index (χ1) is 10.6. The monoisotopic (exact) mass is 295 g/mol. The summed E-state index contributed by atoms with van der Waals surface area (Å²) in [4.78, 5) is 24.3. The van der Waals surface area contributed by atoms with Gasteiger partial charge in [0.15, 0.2) is 6.10 Å². The molecular formula is C18H17NO3. The third kappa shape index (κ3) is 2.86. The lowest BCUT2D eigenvalue weighted by Gasteiger charge is -2.25. The van der Waals surface area contributed by atoms with Crippen LogP contribution in [0.3, 0.4) is 0 Å². The zero-order valence-corrected chi connectivity index (χ0v) is 12.3. The SMILES string of the molecule is CC(NC(=O)C1Cc2ccccc2C(=O)O1)c1ccccc1. The summed E-state index contributed by atoms with van der Waals surface area (Å²) >= 11 is 0. The first-order valence-corrected chi connectivity index (χ1v) is 7.29. The molecule has 0 radical (unpaired) electrons. The molecule has 0 fully saturated rings. The predicted molar refractivity (Wildman–Crippen MR) is 82.3 cm³/mol. The largest absolute Gasteiger partial charge is 0.448 e. The van der Waals surface area contributed by atoms with Crippen LogP contribution in [0.2, 0.25) is 0 Å². The first kappa shape index (κ1) is 14.3. The number of hydrogen-bond acceptors (Lipinski definition) is 3. The van der Waals surface area contributed by atoms with E-state index in [9.17, 15) is 9.59 Å². The summed E-state index contributed by atoms with van der Waals surface area (Å²) in [6.07, 6.45) is -0.358. The van der Waals surface area contributed by atoms with Crippen molar-refractivity contribution in [2.45, 2.75) is 25.5 Å². The number of rotatable bonds is 3. The van der Waals surface area contributed by atoms with Gasteiger partial charge in [0.1, 0.15) is 0 Å². The number of fused-ring (bicyclic) bond motifs is 1. The van der Waals surface area contributed by atoms with Crippen LogP contribution in [-0.2, 0) is 16.0 Å². The molecular weight excluding hydrogens is 278 g/mol. The maximum Gasteiger partial charge on any atom is 0.339 e. The van der Waals surface area contributed by atoms with Gasteiger partial charge in [-0.1, -0.05) is 48.5 Å². The zero-order chi connectivity index (χ0) is 15.5. The third-order valence-corrected chi connectivity index (χ3v) is 3.84. The van der Waals surface area contributed by atoms with Crippen molar-refractivity contribution in [3.8, 4) is 0 Å². The molecule has 1 heterocycles. The average molecular weight is 295 g/mol. The molecule has 1 amide bonds. The lowest BCUT2D eigenvalue weighted by molar-refractivity contribution is -0.131. The van der Waals surface area contributed by atoms with Gasteiger partial charge in [-0.3, -0.25) is 4.79 Å². The van der Waals surface area contributed by atoms with Gasteiger partial charge in [0.25, 0.3) is 5.91 Å². The predicted octanol–water partition coefficient (Wildman–Crippen LogP) is 2.65. The Morgan fingerprint density at radius 3 is 2.59 bits per heavy atom. The summed E-state index contributed by atoms with van der Waals surface area (Å²) in [7, 11) is 0. The number of carbonyl (C=O) groups excluding carboxylic acids is 2. The normalized spacial score (nSPS) is 18.0. The minimum atomic E-state index is -0.770. The van der Waals surface area contributed by atoms with Crippen LogP contribution in [0.4, 0.5) is 0 Å². The summed E-state index contributed by atoms with van der Waals surface area (Å²) in [5.41, 5.74) is 2.41. The molecule has 1 N–H and O–H groups in total. The van der Waals surface area contributed by atoms with Crippen molar-refractivity contribution in [3.63, 3.8) is 0 Å². The second-order valence-electron chi connectivity index (χ2n) is 5.40. The molecule has 1 aliphatic heterocycles. The number of amides is 1. The third-order valence-electron chi connectivity index (χ3n) is 3.84. The van der Waals surface area contributed by atoms with Gasteiger partial charge in [-0.25, -0.2) is 4.79 Å². The molecule has 0 aromatic heterocycles. The van der Waals surface area contributed by atoms with E-state index in [1.807, 2.05) is 49.4 Å². The average Bonchev–Trinajstić information content (AvgIpc) is 2.55. The molecule has 0 saturated heterocycles. The number of ether oxygens (including phenoxy) is 1. The van der Waals surface area contributed by atoms with E-state index in [0.717, 1.165) is 11.1 Å². The number of carbonyl (C=O) groups is 2. The number of esters is 1. The fourth-order valence-electron chi connectivity index (χ4n) is 2.61. The van der Waals surface area contributed by atoms with Gasteiger partial charge in [-0.2, -0.15) is 0 Å². The molecule has 1 aliphatic rings. The van der Waals surface area contributed by atoms with E-state index < -0.39 is 12.1 Å². The number of hydrogen-bond donors (Lipinski definition) is 1. The molecule has 112 valence electrons. The number of cyclic esters (lactones) is 1. The summed E-state index contributed by atoms with van der Waals surface area (Å²) in [5.74, 6) is -0.700. The van der Waals surface area contributed by atoms with Crippen molar-refractivity contribution >= 4 is 11.9 Å². The van der Waals surface area contributed by atoms with Crippen LogP contribution in [0.15, 0.2) is 54.6 Å². The Kier molecular flexibility index (Phi) is 3.92. The summed E-state index contributed by atoms with van der Waals surface area (Å²) in [6, 6.07) is 16.8. The van der Waals surface area contributed by atoms with E-state index in [1.165, 1.54) is 0 Å². The van der Waals surface area contributed by atoms with Crippen molar-refractivity contribution in [1.82, 2.24) is 5.32 Å². The smallest absolute Gasteiger partial charge is 0.339 e. The molecule has 0 spiro atoms. The minimum Gasteiger partial charge on any atom is -0.448 e. The number of benzene rings is 2. The topological polar surface area (TPSA) is 55.4 Å². The molecule has 2 aromatic rings. The van der Waals surface area contributed by atoms with Crippen LogP contribution < -0.4 is 5.32 Å². The molecule has 0 bridgehead atoms. The van der Waals surface area contributed by atoms with Gasteiger partial charge in [-0.05, 0) is 24.1 Å². The van der Waals surface area contributed by atoms with Crippen LogP contribution in [-0.4, -0.2) is 18.0 Å². The molecule has 2 atom stereocenters. The van der Waals surface area contributed by atoms with Gasteiger partial charge in [0, 0.05) is 6.42 Å². The van der Waals surface area contributed by atoms with Crippen molar-refractivity contribution in [3.05, 3.63) is 71.3 Å². The van der Waals surface area contributed by atoms with Gasteiger partial charge in [0.05, 0.1) is 11.6 Å². The highest BCUT2D eigenvalue weighted by molar-refractivity contribution is 5.95. The molecule has 3 rings (SSSR count). The van der Waals surface area contributed by atoms with Crippen molar-refractivity contribution < 1.29 is 14.3 Å². The molecule has 2 aromatic carbocycles. The van der Waals surface area contributed by atoms with E-state index in [2.05, 4.69) is 5.32 Å². The summed E-state index contributed by atoms with van der Waals surface area (Å²) in [6.45, 7) is 1.91. The Hall–Kier alpha value is -2.62. The Balaban J connectivity index is 1.70. The standard InChI is InChI=1S/C18H17NO3/c1-12(13-7-3-2-4-8-13)19-17(20)16-11-14-9-5-6-10-15(14)18(21)22-16/h2-10,12,16H,11H2,1H3,(H,19,20). The second kappa shape index (κ2) is 6.02. The Labute approximate surface area is 129 Å². The molecule has 4 heteroatoms. The van der Waals surface area contributed by atoms with E-state index in [0.29, 0.717) is 12.0 Å². The van der Waals surface area contributed by atoms with Crippen LogP contribution in [0.5, 0.6) is 0 Å². The summed E-state index contributed by atoms with van der Waals surface area (Å²) < 4.78 is 5.26. The van der Waals surface area contributed by atoms with Gasteiger partial charge in [-0.15, -0.1) is 0 Å². The van der Waals surface area contributed by atoms with Crippen molar-refractivity contribution in [1.29, 1.82) is 0 Å². The lowest BCUT2D eigenvalue weighted by Crippen LogP contribution is -2.42. The molecule has 22 heavy (non-hydrogen) atoms. The molecule has 4 nitrogen and oxygen atoms in total. The van der Waals surface area contributed by atoms with E-state index in [4.69, 9.17) is 4.74 Å². The van der Waals surface area contributed by atoms with Crippen LogP contribution in [0, 0.1) is 0 Å². The number of nitrogens with one attached hydrogen (secondary N) is 1. The van der Waals surface area contributed by atoms with Crippen LogP contribution >= 0.6 is 0 Å². The second-order valence-corrected chi connectivity index (χ2v) is 5.40. The highest BCUT2D eigenvalue weighted by Crippen LogP contribution is 2.21. The van der Waals surface area contributed by atoms with Crippen LogP contribution in [0.25, 0.3) is 0 Å². The molecule has 0 saturated carbocycles. The zero-order valence-electron chi connectivity index (χ0n) is 12.3. The maximum absolute atomic E-state index is 12.3. The van der Waals surface area contributed by atoms with E-state index >= 15 is 0 Å². The van der Waals surface area contributed by atoms with Gasteiger partial charge >= 0.3 is 5.97 Å². The van der Waals surface area contributed by atoms with Crippen LogP contribution in [0.1, 0.15) is 34.5 Å². The minimum absolute atomic E-state index is 0.135. The molecule has 2 unspecified atom stereocenters. The fourth-order valence-corrected chi connectivity index (χ4v) is 2.61. The fraction of sp³-hybridized carbons (Fsp3) is 0.222. The quantitative estimate of drug-likeness (QED) is 0.886. The van der Waals surface area contributed by atoms with E-state index in [1.54, 1.807) is 12.1 Å².